The quantitative estimate of drug-likeness (QED) is 0.342. The van der Waals surface area contributed by atoms with Crippen molar-refractivity contribution in [3.8, 4) is 22.9 Å². The van der Waals surface area contributed by atoms with Crippen LogP contribution in [0, 0.1) is 6.92 Å². The van der Waals surface area contributed by atoms with Gasteiger partial charge in [-0.3, -0.25) is 0 Å². The summed E-state index contributed by atoms with van der Waals surface area (Å²) < 4.78 is 8.66. The molecule has 0 amide bonds. The van der Waals surface area contributed by atoms with Crippen molar-refractivity contribution in [2.24, 2.45) is 7.05 Å². The lowest BCUT2D eigenvalue weighted by atomic mass is 9.93. The Kier molecular flexibility index (Phi) is 3.31. The van der Waals surface area contributed by atoms with Gasteiger partial charge in [-0.05, 0) is 48.3 Å². The number of benzene rings is 3. The Bertz CT molecular complexity index is 1270. The van der Waals surface area contributed by atoms with Crippen molar-refractivity contribution in [3.05, 3.63) is 59.7 Å². The zero-order valence-electron chi connectivity index (χ0n) is 16.3. The molecule has 2 aliphatic rings. The lowest BCUT2D eigenvalue weighted by Crippen LogP contribution is -2.34. The van der Waals surface area contributed by atoms with Crippen LogP contribution in [0.2, 0.25) is 0 Å². The summed E-state index contributed by atoms with van der Waals surface area (Å²) in [5, 5.41) is 2.40. The highest BCUT2D eigenvalue weighted by atomic mass is 16.5. The minimum Gasteiger partial charge on any atom is -0.433 e. The molecule has 0 unspecified atom stereocenters. The van der Waals surface area contributed by atoms with E-state index < -0.39 is 0 Å². The van der Waals surface area contributed by atoms with Crippen molar-refractivity contribution in [1.82, 2.24) is 4.98 Å². The van der Waals surface area contributed by atoms with E-state index in [2.05, 4.69) is 67.1 Å². The Labute approximate surface area is 164 Å². The van der Waals surface area contributed by atoms with E-state index in [1.165, 1.54) is 58.7 Å². The Morgan fingerprint density at radius 2 is 1.82 bits per heavy atom. The molecule has 28 heavy (non-hydrogen) atoms. The summed E-state index contributed by atoms with van der Waals surface area (Å²) in [7, 11) is 2.15. The molecule has 1 aliphatic heterocycles. The van der Waals surface area contributed by atoms with Crippen molar-refractivity contribution >= 4 is 21.8 Å². The molecule has 138 valence electrons. The van der Waals surface area contributed by atoms with Crippen molar-refractivity contribution in [3.63, 3.8) is 0 Å². The third kappa shape index (κ3) is 2.10. The van der Waals surface area contributed by atoms with Crippen molar-refractivity contribution in [2.75, 3.05) is 0 Å². The predicted molar refractivity (Wildman–Crippen MR) is 112 cm³/mol. The van der Waals surface area contributed by atoms with Crippen LogP contribution in [-0.2, 0) is 7.05 Å². The monoisotopic (exact) mass is 367 g/mol. The van der Waals surface area contributed by atoms with E-state index in [9.17, 15) is 0 Å². The largest absolute Gasteiger partial charge is 0.433 e. The molecule has 1 saturated carbocycles. The molecule has 1 fully saturated rings. The molecule has 0 saturated heterocycles. The van der Waals surface area contributed by atoms with E-state index in [0.29, 0.717) is 5.92 Å². The number of para-hydroxylation sites is 1. The summed E-state index contributed by atoms with van der Waals surface area (Å²) in [5.41, 5.74) is 7.25. The third-order valence-electron chi connectivity index (χ3n) is 6.61. The molecule has 0 radical (unpaired) electrons. The molecule has 1 aromatic heterocycles. The van der Waals surface area contributed by atoms with Crippen molar-refractivity contribution < 1.29 is 9.30 Å². The molecule has 0 atom stereocenters. The normalized spacial score (nSPS) is 15.8. The second kappa shape index (κ2) is 5.78. The van der Waals surface area contributed by atoms with Crippen LogP contribution in [0.1, 0.15) is 42.7 Å². The van der Waals surface area contributed by atoms with Gasteiger partial charge in [0.2, 0.25) is 5.52 Å². The maximum absolute atomic E-state index is 6.38. The van der Waals surface area contributed by atoms with Gasteiger partial charge < -0.3 is 4.74 Å². The Morgan fingerprint density at radius 3 is 2.68 bits per heavy atom. The molecular formula is C25H23N2O+. The van der Waals surface area contributed by atoms with Crippen LogP contribution in [0.25, 0.3) is 33.1 Å². The molecule has 4 aromatic rings. The molecular weight excluding hydrogens is 344 g/mol. The van der Waals surface area contributed by atoms with Crippen LogP contribution in [0.4, 0.5) is 0 Å². The van der Waals surface area contributed by atoms with E-state index in [1.807, 2.05) is 0 Å². The molecule has 0 N–H and O–H groups in total. The summed E-state index contributed by atoms with van der Waals surface area (Å²) in [6.07, 6.45) is 5.18. The van der Waals surface area contributed by atoms with Crippen LogP contribution in [0.5, 0.6) is 11.6 Å². The molecule has 0 bridgehead atoms. The van der Waals surface area contributed by atoms with Gasteiger partial charge in [-0.2, -0.15) is 4.57 Å². The summed E-state index contributed by atoms with van der Waals surface area (Å²) in [5.74, 6) is 2.26. The van der Waals surface area contributed by atoms with Crippen LogP contribution in [0.3, 0.4) is 0 Å². The standard InChI is InChI=1S/C25H23N2O/c1-15-13-14-17-9-5-12-20-22(17)21(15)24-25(28-20)26-23-18(16-7-3-4-8-16)10-6-11-19(23)27(24)2/h5-6,9-14,16H,3-4,7-8H2,1-2H3/q+1. The number of nitrogens with zero attached hydrogens (tertiary/aromatic N) is 2. The zero-order chi connectivity index (χ0) is 18.8. The van der Waals surface area contributed by atoms with Crippen LogP contribution in [-0.4, -0.2) is 4.98 Å². The minimum atomic E-state index is 0.621. The average molecular weight is 367 g/mol. The fourth-order valence-corrected chi connectivity index (χ4v) is 5.22. The minimum absolute atomic E-state index is 0.621. The fourth-order valence-electron chi connectivity index (χ4n) is 5.22. The van der Waals surface area contributed by atoms with Gasteiger partial charge in [0.1, 0.15) is 18.3 Å². The van der Waals surface area contributed by atoms with Gasteiger partial charge >= 0.3 is 0 Å². The molecule has 0 spiro atoms. The van der Waals surface area contributed by atoms with E-state index in [-0.39, 0.29) is 0 Å². The zero-order valence-corrected chi connectivity index (χ0v) is 16.3. The van der Waals surface area contributed by atoms with Crippen LogP contribution < -0.4 is 9.30 Å². The first-order chi connectivity index (χ1) is 13.7. The van der Waals surface area contributed by atoms with Gasteiger partial charge in [0.05, 0.1) is 5.56 Å². The van der Waals surface area contributed by atoms with Gasteiger partial charge in [0, 0.05) is 11.5 Å². The lowest BCUT2D eigenvalue weighted by molar-refractivity contribution is -0.634. The lowest BCUT2D eigenvalue weighted by Gasteiger charge is -2.21. The molecule has 6 rings (SSSR count). The van der Waals surface area contributed by atoms with Gasteiger partial charge in [0.25, 0.3) is 11.6 Å². The number of hydrogen-bond acceptors (Lipinski definition) is 2. The number of aryl methyl sites for hydroxylation is 2. The number of aromatic nitrogens is 2. The van der Waals surface area contributed by atoms with E-state index in [0.717, 1.165) is 22.8 Å². The summed E-state index contributed by atoms with van der Waals surface area (Å²) in [4.78, 5) is 5.11. The van der Waals surface area contributed by atoms with Gasteiger partial charge in [-0.1, -0.05) is 49.2 Å². The number of fused-ring (bicyclic) bond motifs is 3. The Morgan fingerprint density at radius 1 is 1.00 bits per heavy atom. The summed E-state index contributed by atoms with van der Waals surface area (Å²) in [6, 6.07) is 17.3. The second-order valence-electron chi connectivity index (χ2n) is 8.23. The van der Waals surface area contributed by atoms with Crippen LogP contribution in [0.15, 0.2) is 48.5 Å². The average Bonchev–Trinajstić information content (AvgIpc) is 3.24. The first kappa shape index (κ1) is 16.1. The van der Waals surface area contributed by atoms with Crippen LogP contribution >= 0.6 is 0 Å². The highest BCUT2D eigenvalue weighted by Crippen LogP contribution is 2.46. The van der Waals surface area contributed by atoms with Gasteiger partial charge in [-0.15, -0.1) is 0 Å². The molecule has 1 aliphatic carbocycles. The first-order valence-corrected chi connectivity index (χ1v) is 10.3. The molecule has 3 aromatic carbocycles. The molecule has 3 heteroatoms. The Hall–Kier alpha value is -2.94. The number of rotatable bonds is 1. The maximum Gasteiger partial charge on any atom is 0.294 e. The highest BCUT2D eigenvalue weighted by Gasteiger charge is 2.33. The summed E-state index contributed by atoms with van der Waals surface area (Å²) in [6.45, 7) is 2.18. The molecule has 2 heterocycles. The second-order valence-corrected chi connectivity index (χ2v) is 8.23. The highest BCUT2D eigenvalue weighted by molar-refractivity contribution is 6.04. The van der Waals surface area contributed by atoms with E-state index >= 15 is 0 Å². The molecule has 3 nitrogen and oxygen atoms in total. The Balaban J connectivity index is 1.71. The predicted octanol–water partition coefficient (Wildman–Crippen LogP) is 5.95. The topological polar surface area (TPSA) is 26.0 Å². The smallest absolute Gasteiger partial charge is 0.294 e. The van der Waals surface area contributed by atoms with Crippen molar-refractivity contribution in [1.29, 1.82) is 0 Å². The first-order valence-electron chi connectivity index (χ1n) is 10.3. The SMILES string of the molecule is Cc1ccc2cccc3c2c1-c1c(nc2c(C4CCCC4)cccc2[n+]1C)O3. The summed E-state index contributed by atoms with van der Waals surface area (Å²) >= 11 is 0. The maximum atomic E-state index is 6.38. The van der Waals surface area contributed by atoms with E-state index in [1.54, 1.807) is 0 Å². The number of hydrogen-bond donors (Lipinski definition) is 0. The van der Waals surface area contributed by atoms with E-state index in [4.69, 9.17) is 9.72 Å². The number of ether oxygens (including phenoxy) is 1. The van der Waals surface area contributed by atoms with Crippen molar-refractivity contribution in [2.45, 2.75) is 38.5 Å². The fraction of sp³-hybridized carbons (Fsp3) is 0.280. The van der Waals surface area contributed by atoms with Gasteiger partial charge in [-0.25, -0.2) is 4.98 Å². The third-order valence-corrected chi connectivity index (χ3v) is 6.61. The van der Waals surface area contributed by atoms with Gasteiger partial charge in [0.15, 0.2) is 0 Å².